The van der Waals surface area contributed by atoms with E-state index in [0.29, 0.717) is 15.9 Å². The van der Waals surface area contributed by atoms with Gasteiger partial charge in [0.1, 0.15) is 17.9 Å². The fourth-order valence-electron chi connectivity index (χ4n) is 3.61. The fourth-order valence-corrected chi connectivity index (χ4v) is 3.99. The van der Waals surface area contributed by atoms with Crippen LogP contribution in [0.2, 0.25) is 0 Å². The van der Waals surface area contributed by atoms with Crippen LogP contribution >= 0.6 is 15.9 Å². The first-order chi connectivity index (χ1) is 16.7. The molecule has 0 radical (unpaired) electrons. The third-order valence-electron chi connectivity index (χ3n) is 5.53. The maximum absolute atomic E-state index is 12.9. The van der Waals surface area contributed by atoms with Crippen LogP contribution in [0.5, 0.6) is 5.75 Å². The van der Waals surface area contributed by atoms with Crippen molar-refractivity contribution in [2.24, 2.45) is 5.73 Å². The van der Waals surface area contributed by atoms with Crippen molar-refractivity contribution in [2.75, 3.05) is 12.4 Å². The predicted molar refractivity (Wildman–Crippen MR) is 133 cm³/mol. The van der Waals surface area contributed by atoms with E-state index < -0.39 is 42.1 Å². The van der Waals surface area contributed by atoms with Gasteiger partial charge in [-0.15, -0.1) is 0 Å². The van der Waals surface area contributed by atoms with Gasteiger partial charge >= 0.3 is 6.03 Å². The average Bonchev–Trinajstić information content (AvgIpc) is 2.83. The van der Waals surface area contributed by atoms with Gasteiger partial charge < -0.3 is 36.6 Å². The molecular formula is C24H27BrN4O6. The van der Waals surface area contributed by atoms with E-state index in [4.69, 9.17) is 10.5 Å². The SMILES string of the molecule is COc1ccc(CC(NC(=O)C2=CC(NC(=O)Nc3ccccc3Br)C(O)C(O)C2)C(N)=O)cc1. The average molecular weight is 547 g/mol. The summed E-state index contributed by atoms with van der Waals surface area (Å²) in [5.41, 5.74) is 6.85. The molecule has 0 bridgehead atoms. The Balaban J connectivity index is 1.69. The molecule has 1 aliphatic rings. The molecular weight excluding hydrogens is 520 g/mol. The molecule has 0 spiro atoms. The molecule has 11 heteroatoms. The summed E-state index contributed by atoms with van der Waals surface area (Å²) in [7, 11) is 1.54. The largest absolute Gasteiger partial charge is 0.497 e. The van der Waals surface area contributed by atoms with E-state index >= 15 is 0 Å². The van der Waals surface area contributed by atoms with Crippen molar-refractivity contribution in [3.05, 3.63) is 70.2 Å². The summed E-state index contributed by atoms with van der Waals surface area (Å²) < 4.78 is 5.77. The second-order valence-corrected chi connectivity index (χ2v) is 8.89. The van der Waals surface area contributed by atoms with Gasteiger partial charge in [-0.2, -0.15) is 0 Å². The number of methoxy groups -OCH3 is 1. The third-order valence-corrected chi connectivity index (χ3v) is 6.22. The van der Waals surface area contributed by atoms with Gasteiger partial charge in [-0.05, 0) is 45.8 Å². The highest BCUT2D eigenvalue weighted by molar-refractivity contribution is 9.10. The lowest BCUT2D eigenvalue weighted by Gasteiger charge is -2.31. The Hall–Kier alpha value is -3.41. The summed E-state index contributed by atoms with van der Waals surface area (Å²) >= 11 is 3.32. The summed E-state index contributed by atoms with van der Waals surface area (Å²) in [5.74, 6) is -0.713. The molecule has 2 aromatic rings. The highest BCUT2D eigenvalue weighted by atomic mass is 79.9. The Morgan fingerprint density at radius 1 is 1.14 bits per heavy atom. The Morgan fingerprint density at radius 2 is 1.83 bits per heavy atom. The first-order valence-electron chi connectivity index (χ1n) is 10.8. The van der Waals surface area contributed by atoms with Crippen LogP contribution in [0, 0.1) is 0 Å². The number of hydrogen-bond acceptors (Lipinski definition) is 6. The smallest absolute Gasteiger partial charge is 0.319 e. The van der Waals surface area contributed by atoms with Crippen LogP contribution in [0.25, 0.3) is 0 Å². The number of carbonyl (C=O) groups excluding carboxylic acids is 3. The normalized spacial score (nSPS) is 20.2. The summed E-state index contributed by atoms with van der Waals surface area (Å²) in [6, 6.07) is 11.2. The van der Waals surface area contributed by atoms with Crippen molar-refractivity contribution in [1.82, 2.24) is 10.6 Å². The minimum Gasteiger partial charge on any atom is -0.497 e. The van der Waals surface area contributed by atoms with E-state index in [0.717, 1.165) is 5.56 Å². The van der Waals surface area contributed by atoms with Crippen molar-refractivity contribution in [3.63, 3.8) is 0 Å². The molecule has 186 valence electrons. The maximum atomic E-state index is 12.9. The highest BCUT2D eigenvalue weighted by Gasteiger charge is 2.34. The zero-order valence-electron chi connectivity index (χ0n) is 18.9. The Morgan fingerprint density at radius 3 is 2.46 bits per heavy atom. The van der Waals surface area contributed by atoms with Gasteiger partial charge in [-0.3, -0.25) is 9.59 Å². The number of aliphatic hydroxyl groups excluding tert-OH is 2. The Kier molecular flexibility index (Phi) is 8.85. The number of urea groups is 1. The van der Waals surface area contributed by atoms with Crippen LogP contribution in [0.4, 0.5) is 10.5 Å². The van der Waals surface area contributed by atoms with Gasteiger partial charge in [0.25, 0.3) is 0 Å². The van der Waals surface area contributed by atoms with E-state index in [9.17, 15) is 24.6 Å². The molecule has 4 atom stereocenters. The first kappa shape index (κ1) is 26.2. The van der Waals surface area contributed by atoms with E-state index in [-0.39, 0.29) is 18.4 Å². The van der Waals surface area contributed by atoms with Crippen LogP contribution in [-0.4, -0.2) is 59.5 Å². The summed E-state index contributed by atoms with van der Waals surface area (Å²) in [6.45, 7) is 0. The zero-order chi connectivity index (χ0) is 25.5. The monoisotopic (exact) mass is 546 g/mol. The molecule has 4 unspecified atom stereocenters. The van der Waals surface area contributed by atoms with Crippen LogP contribution in [0.15, 0.2) is 64.7 Å². The number of hydrogen-bond donors (Lipinski definition) is 6. The lowest BCUT2D eigenvalue weighted by Crippen LogP contribution is -2.53. The van der Waals surface area contributed by atoms with Crippen molar-refractivity contribution in [3.8, 4) is 5.75 Å². The summed E-state index contributed by atoms with van der Waals surface area (Å²) in [4.78, 5) is 37.3. The number of para-hydroxylation sites is 1. The molecule has 0 aliphatic heterocycles. The second-order valence-electron chi connectivity index (χ2n) is 8.04. The molecule has 0 heterocycles. The lowest BCUT2D eigenvalue weighted by atomic mass is 9.90. The minimum absolute atomic E-state index is 0.106. The fraction of sp³-hybridized carbons (Fsp3) is 0.292. The maximum Gasteiger partial charge on any atom is 0.319 e. The van der Waals surface area contributed by atoms with Crippen molar-refractivity contribution >= 4 is 39.5 Å². The number of carbonyl (C=O) groups is 3. The number of rotatable bonds is 8. The summed E-state index contributed by atoms with van der Waals surface area (Å²) in [6.07, 6.45) is -1.28. The first-order valence-corrected chi connectivity index (χ1v) is 11.6. The third kappa shape index (κ3) is 7.04. The van der Waals surface area contributed by atoms with E-state index in [2.05, 4.69) is 31.9 Å². The molecule has 10 nitrogen and oxygen atoms in total. The quantitative estimate of drug-likeness (QED) is 0.291. The van der Waals surface area contributed by atoms with Crippen LogP contribution in [0.1, 0.15) is 12.0 Å². The predicted octanol–water partition coefficient (Wildman–Crippen LogP) is 1.21. The molecule has 0 saturated heterocycles. The van der Waals surface area contributed by atoms with Crippen molar-refractivity contribution in [1.29, 1.82) is 0 Å². The number of anilines is 1. The molecule has 7 N–H and O–H groups in total. The number of nitrogens with two attached hydrogens (primary N) is 1. The van der Waals surface area contributed by atoms with Crippen LogP contribution < -0.4 is 26.4 Å². The Labute approximate surface area is 210 Å². The topological polar surface area (TPSA) is 163 Å². The second kappa shape index (κ2) is 11.8. The number of aliphatic hydroxyl groups is 2. The number of amides is 4. The Bertz CT molecular complexity index is 1110. The minimum atomic E-state index is -1.33. The number of nitrogens with one attached hydrogen (secondary N) is 3. The van der Waals surface area contributed by atoms with Gasteiger partial charge in [-0.1, -0.05) is 30.3 Å². The summed E-state index contributed by atoms with van der Waals surface area (Å²) in [5, 5.41) is 28.4. The number of benzene rings is 2. The van der Waals surface area contributed by atoms with Gasteiger partial charge in [0.15, 0.2) is 0 Å². The lowest BCUT2D eigenvalue weighted by molar-refractivity contribution is -0.125. The van der Waals surface area contributed by atoms with Crippen LogP contribution in [0.3, 0.4) is 0 Å². The molecule has 3 rings (SSSR count). The molecule has 1 aliphatic carbocycles. The molecule has 4 amide bonds. The number of halogens is 1. The molecule has 0 aromatic heterocycles. The van der Waals surface area contributed by atoms with Gasteiger partial charge in [0, 0.05) is 22.9 Å². The molecule has 35 heavy (non-hydrogen) atoms. The number of ether oxygens (including phenoxy) is 1. The number of primary amides is 1. The molecule has 0 fully saturated rings. The zero-order valence-corrected chi connectivity index (χ0v) is 20.5. The van der Waals surface area contributed by atoms with E-state index in [1.165, 1.54) is 13.2 Å². The highest BCUT2D eigenvalue weighted by Crippen LogP contribution is 2.23. The van der Waals surface area contributed by atoms with E-state index in [1.54, 1.807) is 48.5 Å². The molecule has 2 aromatic carbocycles. The standard InChI is InChI=1S/C24H27BrN4O6/c1-35-15-8-6-13(7-9-15)10-19(22(26)32)27-23(33)14-11-18(21(31)20(30)12-14)29-24(34)28-17-5-3-2-4-16(17)25/h2-9,11,18-21,30-31H,10,12H2,1H3,(H2,26,32)(H,27,33)(H2,28,29,34). The van der Waals surface area contributed by atoms with Crippen LogP contribution in [-0.2, 0) is 16.0 Å². The van der Waals surface area contributed by atoms with Gasteiger partial charge in [-0.25, -0.2) is 4.79 Å². The van der Waals surface area contributed by atoms with Crippen molar-refractivity contribution in [2.45, 2.75) is 37.1 Å². The molecule has 0 saturated carbocycles. The van der Waals surface area contributed by atoms with Crippen molar-refractivity contribution < 1.29 is 29.3 Å². The van der Waals surface area contributed by atoms with Gasteiger partial charge in [0.05, 0.1) is 24.9 Å². The van der Waals surface area contributed by atoms with Gasteiger partial charge in [0.2, 0.25) is 11.8 Å². The van der Waals surface area contributed by atoms with E-state index in [1.807, 2.05) is 0 Å².